The van der Waals surface area contributed by atoms with Gasteiger partial charge in [-0.15, -0.1) is 0 Å². The molecule has 0 saturated carbocycles. The zero-order chi connectivity index (χ0) is 18.5. The van der Waals surface area contributed by atoms with Crippen LogP contribution in [0.1, 0.15) is 0 Å². The van der Waals surface area contributed by atoms with E-state index in [0.29, 0.717) is 0 Å². The number of hydrogen-bond donors (Lipinski definition) is 0. The maximum atomic E-state index is 4.62. The lowest BCUT2D eigenvalue weighted by Crippen LogP contribution is -1.90. The summed E-state index contributed by atoms with van der Waals surface area (Å²) in [5.74, 6) is 0. The average molecular weight is 355 g/mol. The lowest BCUT2D eigenvalue weighted by molar-refractivity contribution is 1.29. The van der Waals surface area contributed by atoms with E-state index >= 15 is 0 Å². The van der Waals surface area contributed by atoms with Crippen LogP contribution in [0.2, 0.25) is 0 Å². The summed E-state index contributed by atoms with van der Waals surface area (Å²) in [5.41, 5.74) is 1.03. The van der Waals surface area contributed by atoms with Gasteiger partial charge >= 0.3 is 0 Å². The Bertz CT molecular complexity index is 1640. The van der Waals surface area contributed by atoms with E-state index in [0.717, 1.165) is 5.52 Å². The van der Waals surface area contributed by atoms with E-state index in [9.17, 15) is 0 Å². The second-order valence-corrected chi connectivity index (χ2v) is 7.23. The van der Waals surface area contributed by atoms with Crippen molar-refractivity contribution in [3.63, 3.8) is 0 Å². The van der Waals surface area contributed by atoms with Gasteiger partial charge in [0.15, 0.2) is 0 Å². The van der Waals surface area contributed by atoms with Crippen molar-refractivity contribution in [1.82, 2.24) is 4.98 Å². The minimum absolute atomic E-state index is 1.03. The highest BCUT2D eigenvalue weighted by atomic mass is 14.6. The summed E-state index contributed by atoms with van der Waals surface area (Å²) in [6.07, 6.45) is 1.87. The average Bonchev–Trinajstić information content (AvgIpc) is 2.77. The van der Waals surface area contributed by atoms with Gasteiger partial charge in [0.1, 0.15) is 0 Å². The van der Waals surface area contributed by atoms with Crippen molar-refractivity contribution in [3.05, 3.63) is 145 Å². The highest BCUT2D eigenvalue weighted by Gasteiger charge is 2.02. The number of benzene rings is 4. The summed E-state index contributed by atoms with van der Waals surface area (Å²) in [4.78, 5) is 4.62. The molecule has 0 saturated heterocycles. The first-order valence-corrected chi connectivity index (χ1v) is 9.57. The molecule has 4 aromatic carbocycles. The number of nitrogens with zero attached hydrogens (tertiary/aromatic N) is 1. The standard InChI is InChI=1S/C27H17N/c1-2-10-20-19(9-1)21-11-3-5-13-23(21)25-16-18-8-7-15-28-27(18)17-26(25)24-14-6-4-12-22(20)24/h1-17H/b21-19-,22-20-,25-23-,26-24-. The maximum absolute atomic E-state index is 4.62. The Morgan fingerprint density at radius 3 is 1.32 bits per heavy atom. The Morgan fingerprint density at radius 1 is 0.393 bits per heavy atom. The number of pyridine rings is 1. The summed E-state index contributed by atoms with van der Waals surface area (Å²) >= 11 is 0. The zero-order valence-corrected chi connectivity index (χ0v) is 15.3. The SMILES string of the molecule is c1ccc2/c(c1)=c1/cccc/c1=c1\cc3cccnc3c\c1=c1/cccc/c1=2. The molecule has 0 fully saturated rings. The molecular weight excluding hydrogens is 338 g/mol. The van der Waals surface area contributed by atoms with Gasteiger partial charge in [-0.05, 0) is 59.9 Å². The van der Waals surface area contributed by atoms with Crippen LogP contribution in [0, 0.1) is 41.7 Å². The fourth-order valence-electron chi connectivity index (χ4n) is 4.42. The zero-order valence-electron chi connectivity index (χ0n) is 15.3. The van der Waals surface area contributed by atoms with Crippen LogP contribution in [-0.2, 0) is 0 Å². The molecule has 1 heteroatoms. The van der Waals surface area contributed by atoms with E-state index in [1.807, 2.05) is 12.3 Å². The molecule has 1 aromatic heterocycles. The van der Waals surface area contributed by atoms with Crippen molar-refractivity contribution >= 4 is 10.9 Å². The smallest absolute Gasteiger partial charge is 0.0708 e. The molecule has 0 amide bonds. The van der Waals surface area contributed by atoms with Gasteiger partial charge in [0.25, 0.3) is 0 Å². The van der Waals surface area contributed by atoms with Gasteiger partial charge in [0, 0.05) is 11.6 Å². The number of hydrogen-bond acceptors (Lipinski definition) is 1. The summed E-state index contributed by atoms with van der Waals surface area (Å²) in [6.45, 7) is 0. The molecule has 28 heavy (non-hydrogen) atoms. The Balaban J connectivity index is 2.21. The number of rotatable bonds is 0. The lowest BCUT2D eigenvalue weighted by atomic mass is 10.0. The summed E-state index contributed by atoms with van der Waals surface area (Å²) in [6, 6.07) is 34.9. The van der Waals surface area contributed by atoms with Crippen molar-refractivity contribution in [1.29, 1.82) is 0 Å². The summed E-state index contributed by atoms with van der Waals surface area (Å²) in [7, 11) is 0. The van der Waals surface area contributed by atoms with Gasteiger partial charge in [0.05, 0.1) is 5.52 Å². The summed E-state index contributed by atoms with van der Waals surface area (Å²) < 4.78 is 0. The minimum Gasteiger partial charge on any atom is -0.256 e. The topological polar surface area (TPSA) is 12.9 Å². The quantitative estimate of drug-likeness (QED) is 0.341. The predicted molar refractivity (Wildman–Crippen MR) is 112 cm³/mol. The minimum atomic E-state index is 1.03. The van der Waals surface area contributed by atoms with E-state index in [-0.39, 0.29) is 0 Å². The molecule has 0 radical (unpaired) electrons. The number of aromatic nitrogens is 1. The monoisotopic (exact) mass is 355 g/mol. The van der Waals surface area contributed by atoms with Gasteiger partial charge in [-0.2, -0.15) is 0 Å². The summed E-state index contributed by atoms with van der Waals surface area (Å²) in [5, 5.41) is 11.3. The van der Waals surface area contributed by atoms with Crippen LogP contribution in [0.3, 0.4) is 0 Å². The third-order valence-corrected chi connectivity index (χ3v) is 5.68. The molecule has 0 aliphatic heterocycles. The molecule has 0 unspecified atom stereocenters. The first-order chi connectivity index (χ1) is 13.9. The largest absolute Gasteiger partial charge is 0.256 e. The van der Waals surface area contributed by atoms with Crippen molar-refractivity contribution in [2.24, 2.45) is 0 Å². The molecule has 1 aliphatic carbocycles. The maximum Gasteiger partial charge on any atom is 0.0708 e. The second kappa shape index (κ2) is 5.90. The van der Waals surface area contributed by atoms with Gasteiger partial charge in [-0.3, -0.25) is 4.98 Å². The van der Waals surface area contributed by atoms with Gasteiger partial charge in [-0.1, -0.05) is 78.9 Å². The van der Waals surface area contributed by atoms with Crippen molar-refractivity contribution < 1.29 is 0 Å². The van der Waals surface area contributed by atoms with E-state index in [1.54, 1.807) is 0 Å². The van der Waals surface area contributed by atoms with Crippen LogP contribution >= 0.6 is 0 Å². The van der Waals surface area contributed by atoms with E-state index in [4.69, 9.17) is 0 Å². The molecule has 0 bridgehead atoms. The van der Waals surface area contributed by atoms with E-state index in [1.165, 1.54) is 47.1 Å². The van der Waals surface area contributed by atoms with Crippen LogP contribution < -0.4 is 0 Å². The molecule has 5 aromatic rings. The van der Waals surface area contributed by atoms with E-state index in [2.05, 4.69) is 96.0 Å². The van der Waals surface area contributed by atoms with Crippen LogP contribution in [0.4, 0.5) is 0 Å². The predicted octanol–water partition coefficient (Wildman–Crippen LogP) is 5.70. The fourth-order valence-corrected chi connectivity index (χ4v) is 4.42. The molecular formula is C27H17N. The molecule has 130 valence electrons. The molecule has 0 spiro atoms. The Kier molecular flexibility index (Phi) is 3.24. The normalized spacial score (nSPS) is 16.7. The molecule has 1 nitrogen and oxygen atoms in total. The highest BCUT2D eigenvalue weighted by Crippen LogP contribution is 2.17. The van der Waals surface area contributed by atoms with Crippen molar-refractivity contribution in [3.8, 4) is 0 Å². The Hall–Kier alpha value is -3.71. The lowest BCUT2D eigenvalue weighted by Gasteiger charge is -2.04. The first kappa shape index (κ1) is 15.4. The Labute approximate surface area is 161 Å². The fraction of sp³-hybridized carbons (Fsp3) is 0. The Morgan fingerprint density at radius 2 is 0.821 bits per heavy atom. The molecule has 0 N–H and O–H groups in total. The van der Waals surface area contributed by atoms with E-state index < -0.39 is 0 Å². The van der Waals surface area contributed by atoms with Crippen LogP contribution in [0.15, 0.2) is 103 Å². The number of fused-ring (bicyclic) bond motifs is 5. The van der Waals surface area contributed by atoms with Gasteiger partial charge in [0.2, 0.25) is 0 Å². The third kappa shape index (κ3) is 2.17. The first-order valence-electron chi connectivity index (χ1n) is 9.57. The van der Waals surface area contributed by atoms with Gasteiger partial charge in [-0.25, -0.2) is 0 Å². The second-order valence-electron chi connectivity index (χ2n) is 7.23. The van der Waals surface area contributed by atoms with Crippen LogP contribution in [-0.4, -0.2) is 4.98 Å². The molecule has 1 heterocycles. The van der Waals surface area contributed by atoms with Crippen molar-refractivity contribution in [2.75, 3.05) is 0 Å². The van der Waals surface area contributed by atoms with Crippen molar-refractivity contribution in [2.45, 2.75) is 0 Å². The molecule has 1 aliphatic rings. The van der Waals surface area contributed by atoms with Crippen LogP contribution in [0.25, 0.3) is 10.9 Å². The highest BCUT2D eigenvalue weighted by molar-refractivity contribution is 5.78. The van der Waals surface area contributed by atoms with Crippen LogP contribution in [0.5, 0.6) is 0 Å². The molecule has 0 atom stereocenters. The van der Waals surface area contributed by atoms with Gasteiger partial charge < -0.3 is 0 Å². The third-order valence-electron chi connectivity index (χ3n) is 5.68. The molecule has 6 rings (SSSR count).